The number of nitrogens with zero attached hydrogens (tertiary/aromatic N) is 2. The lowest BCUT2D eigenvalue weighted by Crippen LogP contribution is -2.29. The topological polar surface area (TPSA) is 63.5 Å². The molecule has 0 fully saturated rings. The number of carbonyl (C=O) groups excluding carboxylic acids is 1. The van der Waals surface area contributed by atoms with Gasteiger partial charge in [-0.3, -0.25) is 14.9 Å². The highest BCUT2D eigenvalue weighted by Crippen LogP contribution is 2.33. The molecule has 25 heavy (non-hydrogen) atoms. The molecule has 1 aromatic heterocycles. The van der Waals surface area contributed by atoms with Crippen molar-refractivity contribution >= 4 is 33.0 Å². The lowest BCUT2D eigenvalue weighted by molar-refractivity contribution is -0.384. The Morgan fingerprint density at radius 3 is 2.60 bits per heavy atom. The SMILES string of the molecule is Cc1c(C(=O)N(C)C(C)c2cccc([N+](=O)[O-])c2)sc2ccccc12. The number of nitro benzene ring substituents is 1. The van der Waals surface area contributed by atoms with Crippen LogP contribution in [-0.2, 0) is 0 Å². The zero-order chi connectivity index (χ0) is 18.1. The predicted molar refractivity (Wildman–Crippen MR) is 100 cm³/mol. The maximum atomic E-state index is 13.0. The summed E-state index contributed by atoms with van der Waals surface area (Å²) in [5.74, 6) is -0.0716. The predicted octanol–water partition coefficient (Wildman–Crippen LogP) is 4.95. The van der Waals surface area contributed by atoms with E-state index >= 15 is 0 Å². The largest absolute Gasteiger partial charge is 0.334 e. The average molecular weight is 354 g/mol. The number of rotatable bonds is 4. The lowest BCUT2D eigenvalue weighted by atomic mass is 10.1. The van der Waals surface area contributed by atoms with E-state index in [1.807, 2.05) is 38.1 Å². The zero-order valence-electron chi connectivity index (χ0n) is 14.2. The summed E-state index contributed by atoms with van der Waals surface area (Å²) in [6.45, 7) is 3.83. The van der Waals surface area contributed by atoms with Crippen LogP contribution < -0.4 is 0 Å². The minimum atomic E-state index is -0.422. The molecule has 3 aromatic rings. The second kappa shape index (κ2) is 6.64. The fourth-order valence-electron chi connectivity index (χ4n) is 2.84. The summed E-state index contributed by atoms with van der Waals surface area (Å²) >= 11 is 1.48. The number of carbonyl (C=O) groups is 1. The van der Waals surface area contributed by atoms with Crippen molar-refractivity contribution in [3.8, 4) is 0 Å². The molecule has 1 amide bonds. The number of non-ortho nitro benzene ring substituents is 1. The van der Waals surface area contributed by atoms with Gasteiger partial charge in [0.25, 0.3) is 11.6 Å². The van der Waals surface area contributed by atoms with Gasteiger partial charge in [0.1, 0.15) is 0 Å². The van der Waals surface area contributed by atoms with Crippen molar-refractivity contribution in [1.29, 1.82) is 0 Å². The molecular weight excluding hydrogens is 336 g/mol. The second-order valence-electron chi connectivity index (χ2n) is 6.00. The third-order valence-electron chi connectivity index (χ3n) is 4.50. The first-order valence-corrected chi connectivity index (χ1v) is 8.71. The highest BCUT2D eigenvalue weighted by molar-refractivity contribution is 7.21. The van der Waals surface area contributed by atoms with Gasteiger partial charge < -0.3 is 4.90 Å². The first-order valence-electron chi connectivity index (χ1n) is 7.89. The lowest BCUT2D eigenvalue weighted by Gasteiger charge is -2.25. The Morgan fingerprint density at radius 1 is 1.20 bits per heavy atom. The average Bonchev–Trinajstić information content (AvgIpc) is 2.97. The van der Waals surface area contributed by atoms with Crippen LogP contribution in [0.15, 0.2) is 48.5 Å². The van der Waals surface area contributed by atoms with Crippen molar-refractivity contribution < 1.29 is 9.72 Å². The van der Waals surface area contributed by atoms with E-state index in [9.17, 15) is 14.9 Å². The van der Waals surface area contributed by atoms with Crippen molar-refractivity contribution in [2.75, 3.05) is 7.05 Å². The number of fused-ring (bicyclic) bond motifs is 1. The first kappa shape index (κ1) is 17.1. The Morgan fingerprint density at radius 2 is 1.92 bits per heavy atom. The molecule has 0 saturated carbocycles. The van der Waals surface area contributed by atoms with E-state index in [4.69, 9.17) is 0 Å². The van der Waals surface area contributed by atoms with Crippen LogP contribution in [0.3, 0.4) is 0 Å². The third kappa shape index (κ3) is 3.13. The maximum absolute atomic E-state index is 13.0. The highest BCUT2D eigenvalue weighted by Gasteiger charge is 2.24. The first-order chi connectivity index (χ1) is 11.9. The fourth-order valence-corrected chi connectivity index (χ4v) is 4.03. The van der Waals surface area contributed by atoms with Gasteiger partial charge in [-0.15, -0.1) is 11.3 Å². The molecule has 5 nitrogen and oxygen atoms in total. The van der Waals surface area contributed by atoms with Crippen LogP contribution in [0.2, 0.25) is 0 Å². The van der Waals surface area contributed by atoms with Crippen LogP contribution >= 0.6 is 11.3 Å². The number of benzene rings is 2. The van der Waals surface area contributed by atoms with Crippen LogP contribution in [0.1, 0.15) is 33.8 Å². The van der Waals surface area contributed by atoms with E-state index < -0.39 is 4.92 Å². The fraction of sp³-hybridized carbons (Fsp3) is 0.211. The summed E-state index contributed by atoms with van der Waals surface area (Å²) in [7, 11) is 1.73. The molecule has 0 saturated heterocycles. The smallest absolute Gasteiger partial charge is 0.269 e. The molecular formula is C19H18N2O3S. The standard InChI is InChI=1S/C19H18N2O3S/c1-12-16-9-4-5-10-17(16)25-18(12)19(22)20(3)13(2)14-7-6-8-15(11-14)21(23)24/h4-11,13H,1-3H3. The Hall–Kier alpha value is -2.73. The van der Waals surface area contributed by atoms with Gasteiger partial charge in [-0.05, 0) is 36.4 Å². The van der Waals surface area contributed by atoms with Crippen LogP contribution in [0.25, 0.3) is 10.1 Å². The van der Waals surface area contributed by atoms with E-state index in [-0.39, 0.29) is 17.6 Å². The highest BCUT2D eigenvalue weighted by atomic mass is 32.1. The summed E-state index contributed by atoms with van der Waals surface area (Å²) in [5.41, 5.74) is 1.75. The normalized spacial score (nSPS) is 12.1. The van der Waals surface area contributed by atoms with Crippen LogP contribution in [0.5, 0.6) is 0 Å². The Kier molecular flexibility index (Phi) is 4.55. The van der Waals surface area contributed by atoms with E-state index in [0.29, 0.717) is 4.88 Å². The number of aryl methyl sites for hydroxylation is 1. The minimum Gasteiger partial charge on any atom is -0.334 e. The number of hydrogen-bond donors (Lipinski definition) is 0. The van der Waals surface area contributed by atoms with Crippen molar-refractivity contribution in [2.24, 2.45) is 0 Å². The molecule has 1 atom stereocenters. The van der Waals surface area contributed by atoms with Gasteiger partial charge in [0.15, 0.2) is 0 Å². The summed E-state index contributed by atoms with van der Waals surface area (Å²) in [5, 5.41) is 12.1. The van der Waals surface area contributed by atoms with Gasteiger partial charge in [0.05, 0.1) is 15.8 Å². The summed E-state index contributed by atoms with van der Waals surface area (Å²) in [6.07, 6.45) is 0. The van der Waals surface area contributed by atoms with Crippen molar-refractivity contribution in [1.82, 2.24) is 4.90 Å². The monoisotopic (exact) mass is 354 g/mol. The summed E-state index contributed by atoms with van der Waals surface area (Å²) in [4.78, 5) is 25.9. The van der Waals surface area contributed by atoms with Gasteiger partial charge in [0, 0.05) is 23.9 Å². The van der Waals surface area contributed by atoms with E-state index in [2.05, 4.69) is 0 Å². The molecule has 0 N–H and O–H groups in total. The number of hydrogen-bond acceptors (Lipinski definition) is 4. The number of amides is 1. The number of thiophene rings is 1. The van der Waals surface area contributed by atoms with Crippen LogP contribution in [0.4, 0.5) is 5.69 Å². The molecule has 0 radical (unpaired) electrons. The van der Waals surface area contributed by atoms with E-state index in [1.165, 1.54) is 23.5 Å². The number of nitro groups is 1. The van der Waals surface area contributed by atoms with Gasteiger partial charge in [-0.1, -0.05) is 30.3 Å². The van der Waals surface area contributed by atoms with Crippen molar-refractivity contribution in [3.05, 3.63) is 74.6 Å². The van der Waals surface area contributed by atoms with Gasteiger partial charge in [0.2, 0.25) is 0 Å². The molecule has 128 valence electrons. The third-order valence-corrected chi connectivity index (χ3v) is 5.76. The Bertz CT molecular complexity index is 964. The van der Waals surface area contributed by atoms with Gasteiger partial charge >= 0.3 is 0 Å². The van der Waals surface area contributed by atoms with E-state index in [1.54, 1.807) is 24.1 Å². The molecule has 0 aliphatic heterocycles. The molecule has 1 unspecified atom stereocenters. The molecule has 0 bridgehead atoms. The molecule has 2 aromatic carbocycles. The van der Waals surface area contributed by atoms with E-state index in [0.717, 1.165) is 21.2 Å². The molecule has 3 rings (SSSR count). The van der Waals surface area contributed by atoms with Crippen LogP contribution in [-0.4, -0.2) is 22.8 Å². The maximum Gasteiger partial charge on any atom is 0.269 e. The molecule has 0 spiro atoms. The molecule has 0 aliphatic carbocycles. The van der Waals surface area contributed by atoms with Gasteiger partial charge in [-0.25, -0.2) is 0 Å². The van der Waals surface area contributed by atoms with Crippen LogP contribution in [0, 0.1) is 17.0 Å². The van der Waals surface area contributed by atoms with Gasteiger partial charge in [-0.2, -0.15) is 0 Å². The quantitative estimate of drug-likeness (QED) is 0.492. The molecule has 6 heteroatoms. The summed E-state index contributed by atoms with van der Waals surface area (Å²) < 4.78 is 1.08. The Balaban J connectivity index is 1.92. The van der Waals surface area contributed by atoms with Crippen molar-refractivity contribution in [2.45, 2.75) is 19.9 Å². The molecule has 0 aliphatic rings. The zero-order valence-corrected chi connectivity index (χ0v) is 15.0. The Labute approximate surface area is 149 Å². The minimum absolute atomic E-state index is 0.0308. The molecule has 1 heterocycles. The second-order valence-corrected chi connectivity index (χ2v) is 7.05. The van der Waals surface area contributed by atoms with Crippen molar-refractivity contribution in [3.63, 3.8) is 0 Å². The summed E-state index contributed by atoms with van der Waals surface area (Å²) in [6, 6.07) is 14.1.